The lowest BCUT2D eigenvalue weighted by Crippen LogP contribution is -2.28. The van der Waals surface area contributed by atoms with Crippen molar-refractivity contribution in [2.75, 3.05) is 0 Å². The van der Waals surface area contributed by atoms with E-state index in [0.29, 0.717) is 6.04 Å². The summed E-state index contributed by atoms with van der Waals surface area (Å²) < 4.78 is 0. The van der Waals surface area contributed by atoms with Gasteiger partial charge in [0.05, 0.1) is 6.20 Å². The highest BCUT2D eigenvalue weighted by molar-refractivity contribution is 5.85. The van der Waals surface area contributed by atoms with Gasteiger partial charge >= 0.3 is 0 Å². The fourth-order valence-electron chi connectivity index (χ4n) is 2.13. The molecule has 0 amide bonds. The summed E-state index contributed by atoms with van der Waals surface area (Å²) in [6.07, 6.45) is 4.74. The van der Waals surface area contributed by atoms with E-state index >= 15 is 0 Å². The molecular formula is C13H24ClN3. The van der Waals surface area contributed by atoms with Gasteiger partial charge in [-0.15, -0.1) is 12.4 Å². The first kappa shape index (κ1) is 14.5. The number of H-pyrrole nitrogens is 1. The molecule has 1 atom stereocenters. The minimum Gasteiger partial charge on any atom is -0.310 e. The van der Waals surface area contributed by atoms with E-state index < -0.39 is 0 Å². The molecule has 0 aromatic carbocycles. The number of hydrogen-bond donors (Lipinski definition) is 2. The molecular weight excluding hydrogens is 234 g/mol. The maximum absolute atomic E-state index is 4.16. The highest BCUT2D eigenvalue weighted by Gasteiger charge is 2.28. The molecule has 0 radical (unpaired) electrons. The average molecular weight is 258 g/mol. The van der Waals surface area contributed by atoms with Crippen molar-refractivity contribution in [3.8, 4) is 0 Å². The summed E-state index contributed by atoms with van der Waals surface area (Å²) in [6, 6.07) is 0.641. The molecule has 1 heterocycles. The number of nitrogens with zero attached hydrogens (tertiary/aromatic N) is 1. The molecule has 2 rings (SSSR count). The molecule has 1 saturated carbocycles. The summed E-state index contributed by atoms with van der Waals surface area (Å²) in [5.41, 5.74) is 2.71. The van der Waals surface area contributed by atoms with Gasteiger partial charge in [0.25, 0.3) is 0 Å². The van der Waals surface area contributed by atoms with Gasteiger partial charge in [-0.25, -0.2) is 0 Å². The van der Waals surface area contributed by atoms with Crippen LogP contribution < -0.4 is 5.32 Å². The first-order chi connectivity index (χ1) is 7.48. The maximum atomic E-state index is 4.16. The lowest BCUT2D eigenvalue weighted by atomic mass is 9.89. The van der Waals surface area contributed by atoms with Crippen LogP contribution in [0, 0.1) is 5.92 Å². The second-order valence-electron chi connectivity index (χ2n) is 6.03. The topological polar surface area (TPSA) is 40.7 Å². The first-order valence-electron chi connectivity index (χ1n) is 6.24. The molecule has 2 N–H and O–H groups in total. The van der Waals surface area contributed by atoms with E-state index in [0.717, 1.165) is 12.5 Å². The van der Waals surface area contributed by atoms with Gasteiger partial charge in [-0.3, -0.25) is 5.10 Å². The quantitative estimate of drug-likeness (QED) is 0.871. The molecule has 1 aliphatic rings. The van der Waals surface area contributed by atoms with Crippen LogP contribution in [-0.4, -0.2) is 16.2 Å². The van der Waals surface area contributed by atoms with E-state index in [1.807, 2.05) is 6.20 Å². The summed E-state index contributed by atoms with van der Waals surface area (Å²) in [4.78, 5) is 0. The van der Waals surface area contributed by atoms with Gasteiger partial charge in [0.1, 0.15) is 0 Å². The average Bonchev–Trinajstić information content (AvgIpc) is 2.91. The largest absolute Gasteiger partial charge is 0.310 e. The molecule has 0 spiro atoms. The number of aromatic nitrogens is 2. The van der Waals surface area contributed by atoms with Gasteiger partial charge in [-0.05, 0) is 25.7 Å². The summed E-state index contributed by atoms with van der Waals surface area (Å²) in [5.74, 6) is 0.907. The van der Waals surface area contributed by atoms with Gasteiger partial charge in [0, 0.05) is 29.3 Å². The summed E-state index contributed by atoms with van der Waals surface area (Å²) in [5, 5.41) is 10.9. The van der Waals surface area contributed by atoms with Gasteiger partial charge in [0.2, 0.25) is 0 Å². The third kappa shape index (κ3) is 3.71. The third-order valence-electron chi connectivity index (χ3n) is 3.41. The van der Waals surface area contributed by atoms with Crippen LogP contribution in [0.15, 0.2) is 6.20 Å². The Hall–Kier alpha value is -0.540. The summed E-state index contributed by atoms with van der Waals surface area (Å²) in [6.45, 7) is 9.87. The van der Waals surface area contributed by atoms with Crippen molar-refractivity contribution in [2.24, 2.45) is 5.92 Å². The highest BCUT2D eigenvalue weighted by Crippen LogP contribution is 2.32. The van der Waals surface area contributed by atoms with Crippen molar-refractivity contribution in [3.05, 3.63) is 17.5 Å². The normalized spacial score (nSPS) is 17.6. The zero-order chi connectivity index (χ0) is 11.8. The number of rotatable bonds is 4. The maximum Gasteiger partial charge on any atom is 0.0535 e. The van der Waals surface area contributed by atoms with Crippen LogP contribution in [0.1, 0.15) is 51.8 Å². The van der Waals surface area contributed by atoms with Gasteiger partial charge in [-0.1, -0.05) is 20.8 Å². The van der Waals surface area contributed by atoms with E-state index in [4.69, 9.17) is 0 Å². The standard InChI is InChI=1S/C13H23N3.ClH/c1-9(10-5-6-10)14-7-11-8-15-16-12(11)13(2,3)4;/h8-10,14H,5-7H2,1-4H3,(H,15,16);1H. The molecule has 1 aromatic rings. The molecule has 1 unspecified atom stereocenters. The molecule has 17 heavy (non-hydrogen) atoms. The van der Waals surface area contributed by atoms with Crippen molar-refractivity contribution in [3.63, 3.8) is 0 Å². The van der Waals surface area contributed by atoms with Crippen molar-refractivity contribution < 1.29 is 0 Å². The zero-order valence-corrected chi connectivity index (χ0v) is 12.0. The van der Waals surface area contributed by atoms with Crippen molar-refractivity contribution in [2.45, 2.75) is 58.5 Å². The number of nitrogens with one attached hydrogen (secondary N) is 2. The first-order valence-corrected chi connectivity index (χ1v) is 6.24. The molecule has 0 aliphatic heterocycles. The van der Waals surface area contributed by atoms with Crippen LogP contribution in [0.5, 0.6) is 0 Å². The van der Waals surface area contributed by atoms with Crippen molar-refractivity contribution >= 4 is 12.4 Å². The van der Waals surface area contributed by atoms with E-state index in [1.165, 1.54) is 24.1 Å². The molecule has 4 heteroatoms. The lowest BCUT2D eigenvalue weighted by molar-refractivity contribution is 0.487. The van der Waals surface area contributed by atoms with Crippen LogP contribution in [0.25, 0.3) is 0 Å². The van der Waals surface area contributed by atoms with Crippen molar-refractivity contribution in [1.29, 1.82) is 0 Å². The van der Waals surface area contributed by atoms with E-state index in [2.05, 4.69) is 43.2 Å². The minimum atomic E-state index is 0. The SMILES string of the molecule is CC(NCc1cn[nH]c1C(C)(C)C)C1CC1.Cl. The van der Waals surface area contributed by atoms with Crippen LogP contribution in [0.2, 0.25) is 0 Å². The summed E-state index contributed by atoms with van der Waals surface area (Å²) in [7, 11) is 0. The molecule has 98 valence electrons. The number of hydrogen-bond acceptors (Lipinski definition) is 2. The fraction of sp³-hybridized carbons (Fsp3) is 0.769. The third-order valence-corrected chi connectivity index (χ3v) is 3.41. The van der Waals surface area contributed by atoms with Crippen LogP contribution in [0.4, 0.5) is 0 Å². The van der Waals surface area contributed by atoms with Gasteiger partial charge in [-0.2, -0.15) is 5.10 Å². The Morgan fingerprint density at radius 2 is 2.12 bits per heavy atom. The Morgan fingerprint density at radius 3 is 2.65 bits per heavy atom. The number of halogens is 1. The van der Waals surface area contributed by atoms with E-state index in [-0.39, 0.29) is 17.8 Å². The van der Waals surface area contributed by atoms with E-state index in [1.54, 1.807) is 0 Å². The Kier molecular flexibility index (Phi) is 4.62. The predicted octanol–water partition coefficient (Wildman–Crippen LogP) is 3.02. The van der Waals surface area contributed by atoms with Crippen molar-refractivity contribution in [1.82, 2.24) is 15.5 Å². The monoisotopic (exact) mass is 257 g/mol. The van der Waals surface area contributed by atoms with Crippen LogP contribution >= 0.6 is 12.4 Å². The Bertz CT molecular complexity index is 350. The Labute approximate surface area is 110 Å². The molecule has 1 aromatic heterocycles. The van der Waals surface area contributed by atoms with E-state index in [9.17, 15) is 0 Å². The second kappa shape index (κ2) is 5.40. The summed E-state index contributed by atoms with van der Waals surface area (Å²) >= 11 is 0. The smallest absolute Gasteiger partial charge is 0.0535 e. The second-order valence-corrected chi connectivity index (χ2v) is 6.03. The molecule has 1 aliphatic carbocycles. The van der Waals surface area contributed by atoms with Crippen LogP contribution in [-0.2, 0) is 12.0 Å². The predicted molar refractivity (Wildman–Crippen MR) is 73.6 cm³/mol. The highest BCUT2D eigenvalue weighted by atomic mass is 35.5. The molecule has 0 bridgehead atoms. The minimum absolute atomic E-state index is 0. The molecule has 1 fully saturated rings. The van der Waals surface area contributed by atoms with Crippen LogP contribution in [0.3, 0.4) is 0 Å². The number of aromatic amines is 1. The molecule has 0 saturated heterocycles. The van der Waals surface area contributed by atoms with Gasteiger partial charge in [0.15, 0.2) is 0 Å². The fourth-order valence-corrected chi connectivity index (χ4v) is 2.13. The zero-order valence-electron chi connectivity index (χ0n) is 11.2. The lowest BCUT2D eigenvalue weighted by Gasteiger charge is -2.19. The van der Waals surface area contributed by atoms with Gasteiger partial charge < -0.3 is 5.32 Å². The Balaban J connectivity index is 0.00000144. The Morgan fingerprint density at radius 1 is 1.47 bits per heavy atom. The molecule has 3 nitrogen and oxygen atoms in total.